The lowest BCUT2D eigenvalue weighted by Crippen LogP contribution is -2.52. The number of aromatic amines is 1. The van der Waals surface area contributed by atoms with Gasteiger partial charge in [0.15, 0.2) is 6.10 Å². The number of hydrogen-bond donors (Lipinski definition) is 3. The van der Waals surface area contributed by atoms with Gasteiger partial charge in [0.25, 0.3) is 11.5 Å². The van der Waals surface area contributed by atoms with Crippen LogP contribution in [0, 0.1) is 5.82 Å². The van der Waals surface area contributed by atoms with Crippen molar-refractivity contribution in [2.24, 2.45) is 0 Å². The van der Waals surface area contributed by atoms with Crippen molar-refractivity contribution in [3.63, 3.8) is 0 Å². The van der Waals surface area contributed by atoms with Crippen molar-refractivity contribution in [3.05, 3.63) is 82.2 Å². The Labute approximate surface area is 223 Å². The largest absolute Gasteiger partial charge is 0.456 e. The molecule has 3 aromatic rings. The van der Waals surface area contributed by atoms with Crippen molar-refractivity contribution in [1.29, 1.82) is 0 Å². The highest BCUT2D eigenvalue weighted by Gasteiger charge is 2.47. The number of aliphatic hydroxyl groups excluding tert-OH is 1. The normalized spacial score (nSPS) is 19.1. The molecule has 1 aliphatic heterocycles. The molecule has 4 rings (SSSR count). The van der Waals surface area contributed by atoms with Crippen LogP contribution in [0.3, 0.4) is 0 Å². The SMILES string of the molecule is C[C@@H](C(=O)Nc1ccc(Oc2ccc(F)cc2)cn1)N1CCC(F)(F)C(c2c[nH]c(=O)c(C(O)C(F)(F)F)c2)C1. The number of carbonyl (C=O) groups excluding carboxylic acids is 1. The Kier molecular flexibility index (Phi) is 8.21. The van der Waals surface area contributed by atoms with Gasteiger partial charge in [0.2, 0.25) is 5.91 Å². The number of likely N-dealkylation sites (tertiary alicyclic amines) is 1. The maximum Gasteiger partial charge on any atom is 0.418 e. The molecule has 0 saturated carbocycles. The van der Waals surface area contributed by atoms with Crippen LogP contribution in [0.4, 0.5) is 32.2 Å². The Morgan fingerprint density at radius 3 is 2.50 bits per heavy atom. The van der Waals surface area contributed by atoms with E-state index in [0.717, 1.165) is 6.20 Å². The number of ether oxygens (including phenoxy) is 1. The Balaban J connectivity index is 1.44. The van der Waals surface area contributed by atoms with Gasteiger partial charge in [0.1, 0.15) is 23.1 Å². The molecular formula is C26H24F6N4O4. The van der Waals surface area contributed by atoms with Crippen molar-refractivity contribution < 1.29 is 41.0 Å². The van der Waals surface area contributed by atoms with Crippen LogP contribution in [0.1, 0.15) is 36.5 Å². The highest BCUT2D eigenvalue weighted by molar-refractivity contribution is 5.93. The number of benzene rings is 1. The number of anilines is 1. The third kappa shape index (κ3) is 6.62. The van der Waals surface area contributed by atoms with E-state index in [0.29, 0.717) is 17.6 Å². The minimum absolute atomic E-state index is 0.147. The zero-order valence-corrected chi connectivity index (χ0v) is 20.9. The third-order valence-corrected chi connectivity index (χ3v) is 6.58. The van der Waals surface area contributed by atoms with Gasteiger partial charge >= 0.3 is 6.18 Å². The van der Waals surface area contributed by atoms with Gasteiger partial charge in [-0.25, -0.2) is 18.2 Å². The Morgan fingerprint density at radius 2 is 1.88 bits per heavy atom. The molecule has 1 fully saturated rings. The Morgan fingerprint density at radius 1 is 1.20 bits per heavy atom. The van der Waals surface area contributed by atoms with Crippen molar-refractivity contribution in [3.8, 4) is 11.5 Å². The van der Waals surface area contributed by atoms with Crippen LogP contribution >= 0.6 is 0 Å². The van der Waals surface area contributed by atoms with Crippen LogP contribution in [-0.4, -0.2) is 57.1 Å². The molecule has 0 radical (unpaired) electrons. The van der Waals surface area contributed by atoms with E-state index in [1.54, 1.807) is 0 Å². The molecule has 2 unspecified atom stereocenters. The second-order valence-corrected chi connectivity index (χ2v) is 9.32. The minimum atomic E-state index is -5.17. The molecule has 40 heavy (non-hydrogen) atoms. The van der Waals surface area contributed by atoms with Crippen LogP contribution in [-0.2, 0) is 4.79 Å². The zero-order valence-electron chi connectivity index (χ0n) is 20.9. The summed E-state index contributed by atoms with van der Waals surface area (Å²) in [6, 6.07) is 7.95. The van der Waals surface area contributed by atoms with Crippen LogP contribution in [0.2, 0.25) is 0 Å². The summed E-state index contributed by atoms with van der Waals surface area (Å²) in [5.41, 5.74) is -2.65. The number of amides is 1. The number of halogens is 6. The number of H-pyrrole nitrogens is 1. The second kappa shape index (κ2) is 11.3. The summed E-state index contributed by atoms with van der Waals surface area (Å²) < 4.78 is 87.3. The fraction of sp³-hybridized carbons (Fsp3) is 0.346. The number of alkyl halides is 5. The van der Waals surface area contributed by atoms with Gasteiger partial charge in [0.05, 0.1) is 23.7 Å². The van der Waals surface area contributed by atoms with Crippen LogP contribution < -0.4 is 15.6 Å². The number of aliphatic hydroxyl groups is 1. The van der Waals surface area contributed by atoms with Gasteiger partial charge in [0, 0.05) is 25.7 Å². The standard InChI is InChI=1S/C26H24F6N4O4/c1-14(23(38)35-21-7-6-18(12-33-21)40-17-4-2-16(27)3-5-17)36-9-8-25(28,29)20(13-36)15-10-19(24(39)34-11-15)22(37)26(30,31)32/h2-7,10-12,14,20,22,37H,8-9,13H2,1H3,(H,34,39)(H,33,35,38)/t14-,20?,22?/m0/s1. The lowest BCUT2D eigenvalue weighted by Gasteiger charge is -2.40. The van der Waals surface area contributed by atoms with Crippen molar-refractivity contribution >= 4 is 11.7 Å². The second-order valence-electron chi connectivity index (χ2n) is 9.32. The van der Waals surface area contributed by atoms with Gasteiger partial charge in [-0.15, -0.1) is 0 Å². The summed E-state index contributed by atoms with van der Waals surface area (Å²) in [4.78, 5) is 32.3. The van der Waals surface area contributed by atoms with Crippen LogP contribution in [0.25, 0.3) is 0 Å². The summed E-state index contributed by atoms with van der Waals surface area (Å²) in [6.07, 6.45) is -6.79. The summed E-state index contributed by atoms with van der Waals surface area (Å²) in [6.45, 7) is 0.887. The minimum Gasteiger partial charge on any atom is -0.456 e. The van der Waals surface area contributed by atoms with Crippen LogP contribution in [0.15, 0.2) is 59.7 Å². The van der Waals surface area contributed by atoms with E-state index in [-0.39, 0.29) is 17.9 Å². The van der Waals surface area contributed by atoms with Gasteiger partial charge in [-0.3, -0.25) is 14.5 Å². The molecule has 14 heteroatoms. The predicted octanol–water partition coefficient (Wildman–Crippen LogP) is 4.75. The molecule has 1 saturated heterocycles. The van der Waals surface area contributed by atoms with E-state index < -0.39 is 66.0 Å². The first-order valence-electron chi connectivity index (χ1n) is 12.0. The molecule has 1 aliphatic rings. The molecule has 1 aromatic carbocycles. The van der Waals surface area contributed by atoms with E-state index in [2.05, 4.69) is 10.3 Å². The van der Waals surface area contributed by atoms with Gasteiger partial charge < -0.3 is 20.1 Å². The first-order valence-corrected chi connectivity index (χ1v) is 12.0. The van der Waals surface area contributed by atoms with Gasteiger partial charge in [-0.1, -0.05) is 0 Å². The number of pyridine rings is 2. The lowest BCUT2D eigenvalue weighted by molar-refractivity contribution is -0.207. The fourth-order valence-electron chi connectivity index (χ4n) is 4.28. The topological polar surface area (TPSA) is 108 Å². The predicted molar refractivity (Wildman–Crippen MR) is 131 cm³/mol. The molecule has 0 spiro atoms. The molecule has 3 atom stereocenters. The number of nitrogens with zero attached hydrogens (tertiary/aromatic N) is 2. The van der Waals surface area contributed by atoms with Gasteiger partial charge in [-0.05, 0) is 55.0 Å². The van der Waals surface area contributed by atoms with Crippen LogP contribution in [0.5, 0.6) is 11.5 Å². The Bertz CT molecular complexity index is 1400. The van der Waals surface area contributed by atoms with E-state index in [9.17, 15) is 41.0 Å². The maximum absolute atomic E-state index is 14.9. The molecule has 3 heterocycles. The molecule has 214 valence electrons. The molecule has 0 aliphatic carbocycles. The third-order valence-electron chi connectivity index (χ3n) is 6.58. The summed E-state index contributed by atoms with van der Waals surface area (Å²) in [5.74, 6) is -5.18. The highest BCUT2D eigenvalue weighted by atomic mass is 19.4. The van der Waals surface area contributed by atoms with Crippen molar-refractivity contribution in [2.75, 3.05) is 18.4 Å². The van der Waals surface area contributed by atoms with E-state index >= 15 is 0 Å². The lowest BCUT2D eigenvalue weighted by atomic mass is 9.86. The smallest absolute Gasteiger partial charge is 0.418 e. The number of rotatable bonds is 7. The van der Waals surface area contributed by atoms with Crippen molar-refractivity contribution in [1.82, 2.24) is 14.9 Å². The highest BCUT2D eigenvalue weighted by Crippen LogP contribution is 2.41. The van der Waals surface area contributed by atoms with E-state index in [1.807, 2.05) is 4.98 Å². The maximum atomic E-state index is 14.9. The number of aromatic nitrogens is 2. The zero-order chi connectivity index (χ0) is 29.2. The number of nitrogens with one attached hydrogen (secondary N) is 2. The first-order chi connectivity index (χ1) is 18.7. The van der Waals surface area contributed by atoms with Crippen molar-refractivity contribution in [2.45, 2.75) is 43.5 Å². The summed E-state index contributed by atoms with van der Waals surface area (Å²) >= 11 is 0. The molecule has 0 bridgehead atoms. The average molecular weight is 570 g/mol. The molecule has 1 amide bonds. The van der Waals surface area contributed by atoms with E-state index in [4.69, 9.17) is 4.74 Å². The summed E-state index contributed by atoms with van der Waals surface area (Å²) in [5, 5.41) is 12.1. The molecule has 2 aromatic heterocycles. The quantitative estimate of drug-likeness (QED) is 0.354. The number of carbonyl (C=O) groups is 1. The number of hydrogen-bond acceptors (Lipinski definition) is 6. The average Bonchev–Trinajstić information content (AvgIpc) is 2.90. The fourth-order valence-corrected chi connectivity index (χ4v) is 4.28. The number of piperidine rings is 1. The summed E-state index contributed by atoms with van der Waals surface area (Å²) in [7, 11) is 0. The molecular weight excluding hydrogens is 546 g/mol. The molecule has 3 N–H and O–H groups in total. The monoisotopic (exact) mass is 570 g/mol. The first kappa shape index (κ1) is 29.1. The van der Waals surface area contributed by atoms with E-state index in [1.165, 1.54) is 54.4 Å². The molecule has 8 nitrogen and oxygen atoms in total. The van der Waals surface area contributed by atoms with Gasteiger partial charge in [-0.2, -0.15) is 13.2 Å². The Hall–Kier alpha value is -3.91.